The minimum Gasteiger partial charge on any atom is -0.351 e. The van der Waals surface area contributed by atoms with Crippen molar-refractivity contribution in [2.24, 2.45) is 0 Å². The maximum absolute atomic E-state index is 13.6. The smallest absolute Gasteiger partial charge is 0.254 e. The summed E-state index contributed by atoms with van der Waals surface area (Å²) in [6.07, 6.45) is 1.92. The molecule has 1 N–H and O–H groups in total. The van der Waals surface area contributed by atoms with E-state index in [1.165, 1.54) is 12.1 Å². The van der Waals surface area contributed by atoms with E-state index in [4.69, 9.17) is 0 Å². The van der Waals surface area contributed by atoms with E-state index >= 15 is 0 Å². The molecule has 0 radical (unpaired) electrons. The summed E-state index contributed by atoms with van der Waals surface area (Å²) in [7, 11) is 0. The van der Waals surface area contributed by atoms with Crippen molar-refractivity contribution < 1.29 is 14.0 Å². The topological polar surface area (TPSA) is 49.4 Å². The van der Waals surface area contributed by atoms with Gasteiger partial charge in [0.05, 0.1) is 12.0 Å². The second-order valence-electron chi connectivity index (χ2n) is 8.71. The lowest BCUT2D eigenvalue weighted by Crippen LogP contribution is -2.48. The van der Waals surface area contributed by atoms with Crippen LogP contribution in [0, 0.1) is 12.7 Å². The van der Waals surface area contributed by atoms with E-state index in [-0.39, 0.29) is 29.7 Å². The molecule has 0 aromatic heterocycles. The molecular weight excluding hydrogens is 403 g/mol. The quantitative estimate of drug-likeness (QED) is 0.629. The summed E-state index contributed by atoms with van der Waals surface area (Å²) in [4.78, 5) is 29.1. The summed E-state index contributed by atoms with van der Waals surface area (Å²) < 4.78 is 13.2. The Labute approximate surface area is 187 Å². The van der Waals surface area contributed by atoms with Gasteiger partial charge in [-0.1, -0.05) is 60.2 Å². The highest BCUT2D eigenvalue weighted by Crippen LogP contribution is 2.47. The normalized spacial score (nSPS) is 20.1. The molecular formula is C27H25FN2O2. The molecule has 0 spiro atoms. The van der Waals surface area contributed by atoms with E-state index in [9.17, 15) is 14.0 Å². The highest BCUT2D eigenvalue weighted by Gasteiger charge is 2.48. The second kappa shape index (κ2) is 8.23. The molecule has 162 valence electrons. The van der Waals surface area contributed by atoms with Crippen LogP contribution in [-0.4, -0.2) is 22.8 Å². The third kappa shape index (κ3) is 3.79. The molecule has 4 nitrogen and oxygen atoms in total. The minimum atomic E-state index is -0.522. The summed E-state index contributed by atoms with van der Waals surface area (Å²) >= 11 is 0. The zero-order chi connectivity index (χ0) is 22.2. The van der Waals surface area contributed by atoms with Gasteiger partial charge in [-0.2, -0.15) is 0 Å². The minimum absolute atomic E-state index is 0.00260. The number of fused-ring (bicyclic) bond motifs is 1. The van der Waals surface area contributed by atoms with Gasteiger partial charge in [-0.15, -0.1) is 0 Å². The summed E-state index contributed by atoms with van der Waals surface area (Å²) in [5.41, 5.74) is 4.26. The Morgan fingerprint density at radius 2 is 1.78 bits per heavy atom. The first kappa shape index (κ1) is 20.4. The van der Waals surface area contributed by atoms with Crippen LogP contribution in [0.25, 0.3) is 0 Å². The summed E-state index contributed by atoms with van der Waals surface area (Å²) in [5.74, 6) is -0.963. The van der Waals surface area contributed by atoms with Crippen LogP contribution in [0.4, 0.5) is 4.39 Å². The molecule has 1 heterocycles. The van der Waals surface area contributed by atoms with Crippen LogP contribution < -0.4 is 5.32 Å². The molecule has 2 atom stereocenters. The molecule has 0 saturated heterocycles. The highest BCUT2D eigenvalue weighted by molar-refractivity contribution is 6.01. The molecule has 32 heavy (non-hydrogen) atoms. The van der Waals surface area contributed by atoms with Crippen LogP contribution in [0.5, 0.6) is 0 Å². The number of carbonyl (C=O) groups excluding carboxylic acids is 2. The number of hydrogen-bond acceptors (Lipinski definition) is 2. The lowest BCUT2D eigenvalue weighted by Gasteiger charge is -2.42. The molecule has 0 unspecified atom stereocenters. The lowest BCUT2D eigenvalue weighted by atomic mass is 9.78. The van der Waals surface area contributed by atoms with Gasteiger partial charge in [0.2, 0.25) is 5.91 Å². The van der Waals surface area contributed by atoms with Crippen LogP contribution in [-0.2, 0) is 11.3 Å². The fourth-order valence-corrected chi connectivity index (χ4v) is 4.70. The maximum atomic E-state index is 13.6. The highest BCUT2D eigenvalue weighted by atomic mass is 19.1. The zero-order valence-corrected chi connectivity index (χ0v) is 17.9. The average molecular weight is 429 g/mol. The van der Waals surface area contributed by atoms with Gasteiger partial charge < -0.3 is 10.2 Å². The number of carbonyl (C=O) groups is 2. The van der Waals surface area contributed by atoms with E-state index in [1.54, 1.807) is 12.1 Å². The molecule has 0 bridgehead atoms. The van der Waals surface area contributed by atoms with Crippen molar-refractivity contribution in [3.05, 3.63) is 106 Å². The molecule has 5 rings (SSSR count). The number of nitrogens with one attached hydrogen (secondary N) is 1. The number of amides is 2. The Kier molecular flexibility index (Phi) is 5.25. The fourth-order valence-electron chi connectivity index (χ4n) is 4.70. The van der Waals surface area contributed by atoms with Crippen molar-refractivity contribution in [1.82, 2.24) is 10.2 Å². The third-order valence-electron chi connectivity index (χ3n) is 6.36. The fraction of sp³-hybridized carbons (Fsp3) is 0.259. The summed E-state index contributed by atoms with van der Waals surface area (Å²) in [5, 5.41) is 3.04. The molecule has 1 aliphatic carbocycles. The Balaban J connectivity index is 1.55. The predicted octanol–water partition coefficient (Wildman–Crippen LogP) is 4.89. The van der Waals surface area contributed by atoms with Crippen LogP contribution in [0.1, 0.15) is 57.4 Å². The third-order valence-corrected chi connectivity index (χ3v) is 6.36. The van der Waals surface area contributed by atoms with Gasteiger partial charge in [-0.3, -0.25) is 9.59 Å². The Bertz CT molecular complexity index is 1170. The standard InChI is InChI=1S/C27H25FN2O2/c1-17-5-4-6-19(15-17)25-24(26(31)29-16-18-9-11-20(28)12-10-18)22-7-2-3-8-23(22)27(32)30(25)21-13-14-21/h2-12,15,21,24-25H,13-14,16H2,1H3,(H,29,31)/t24-,25-/m0/s1. The van der Waals surface area contributed by atoms with Crippen LogP contribution >= 0.6 is 0 Å². The van der Waals surface area contributed by atoms with Gasteiger partial charge >= 0.3 is 0 Å². The number of nitrogens with zero attached hydrogens (tertiary/aromatic N) is 1. The monoisotopic (exact) mass is 428 g/mol. The molecule has 2 amide bonds. The number of benzene rings is 3. The van der Waals surface area contributed by atoms with E-state index in [0.717, 1.165) is 35.1 Å². The lowest BCUT2D eigenvalue weighted by molar-refractivity contribution is -0.124. The van der Waals surface area contributed by atoms with Crippen molar-refractivity contribution in [3.8, 4) is 0 Å². The van der Waals surface area contributed by atoms with Gasteiger partial charge in [-0.25, -0.2) is 4.39 Å². The van der Waals surface area contributed by atoms with Crippen LogP contribution in [0.3, 0.4) is 0 Å². The summed E-state index contributed by atoms with van der Waals surface area (Å²) in [6, 6.07) is 21.4. The molecule has 1 aliphatic heterocycles. The van der Waals surface area contributed by atoms with Crippen LogP contribution in [0.2, 0.25) is 0 Å². The maximum Gasteiger partial charge on any atom is 0.254 e. The Morgan fingerprint density at radius 3 is 2.50 bits per heavy atom. The van der Waals surface area contributed by atoms with Crippen molar-refractivity contribution in [2.45, 2.75) is 44.3 Å². The molecule has 2 aliphatic rings. The van der Waals surface area contributed by atoms with Crippen molar-refractivity contribution in [1.29, 1.82) is 0 Å². The first-order valence-corrected chi connectivity index (χ1v) is 11.0. The average Bonchev–Trinajstić information content (AvgIpc) is 3.63. The second-order valence-corrected chi connectivity index (χ2v) is 8.71. The van der Waals surface area contributed by atoms with Gasteiger partial charge in [0.1, 0.15) is 5.82 Å². The first-order valence-electron chi connectivity index (χ1n) is 11.0. The summed E-state index contributed by atoms with van der Waals surface area (Å²) in [6.45, 7) is 2.32. The predicted molar refractivity (Wildman–Crippen MR) is 121 cm³/mol. The van der Waals surface area contributed by atoms with Gasteiger partial charge in [-0.05, 0) is 54.7 Å². The molecule has 1 saturated carbocycles. The van der Waals surface area contributed by atoms with Crippen molar-refractivity contribution in [2.75, 3.05) is 0 Å². The van der Waals surface area contributed by atoms with Gasteiger partial charge in [0.25, 0.3) is 5.91 Å². The van der Waals surface area contributed by atoms with Gasteiger partial charge in [0, 0.05) is 18.2 Å². The zero-order valence-electron chi connectivity index (χ0n) is 17.9. The van der Waals surface area contributed by atoms with Crippen molar-refractivity contribution in [3.63, 3.8) is 0 Å². The SMILES string of the molecule is Cc1cccc([C@H]2[C@@H](C(=O)NCc3ccc(F)cc3)c3ccccc3C(=O)N2C2CC2)c1. The number of rotatable bonds is 5. The van der Waals surface area contributed by atoms with Gasteiger partial charge in [0.15, 0.2) is 0 Å². The first-order chi connectivity index (χ1) is 15.5. The van der Waals surface area contributed by atoms with E-state index in [2.05, 4.69) is 11.4 Å². The van der Waals surface area contributed by atoms with Crippen molar-refractivity contribution >= 4 is 11.8 Å². The molecule has 5 heteroatoms. The van der Waals surface area contributed by atoms with Crippen LogP contribution in [0.15, 0.2) is 72.8 Å². The van der Waals surface area contributed by atoms with E-state index in [0.29, 0.717) is 12.1 Å². The van der Waals surface area contributed by atoms with E-state index in [1.807, 2.05) is 54.3 Å². The number of aryl methyl sites for hydroxylation is 1. The van der Waals surface area contributed by atoms with E-state index < -0.39 is 5.92 Å². The Hall–Kier alpha value is -3.47. The number of hydrogen-bond donors (Lipinski definition) is 1. The molecule has 1 fully saturated rings. The number of halogens is 1. The molecule has 3 aromatic rings. The Morgan fingerprint density at radius 1 is 1.03 bits per heavy atom. The molecule has 3 aromatic carbocycles. The largest absolute Gasteiger partial charge is 0.351 e.